The van der Waals surface area contributed by atoms with E-state index in [1.807, 2.05) is 6.08 Å². The molecule has 1 aliphatic heterocycles. The van der Waals surface area contributed by atoms with E-state index in [1.54, 1.807) is 0 Å². The minimum atomic E-state index is -0.518. The molecule has 0 radical (unpaired) electrons. The van der Waals surface area contributed by atoms with Gasteiger partial charge >= 0.3 is 0 Å². The van der Waals surface area contributed by atoms with Crippen molar-refractivity contribution in [2.24, 2.45) is 0 Å². The first-order chi connectivity index (χ1) is 12.6. The van der Waals surface area contributed by atoms with Gasteiger partial charge in [-0.05, 0) is 12.8 Å². The number of unbranched alkanes of at least 4 members (excludes halogenated alkanes) is 11. The number of aliphatic hydroxyl groups is 2. The van der Waals surface area contributed by atoms with Gasteiger partial charge in [-0.15, -0.1) is 0 Å². The number of likely N-dealkylation sites (tertiary alicyclic amines) is 1. The predicted octanol–water partition coefficient (Wildman–Crippen LogP) is 5.21. The maximum Gasteiger partial charge on any atom is 0.142 e. The van der Waals surface area contributed by atoms with Gasteiger partial charge in [-0.3, -0.25) is 0 Å². The summed E-state index contributed by atoms with van der Waals surface area (Å²) in [5.41, 5.74) is 0. The van der Waals surface area contributed by atoms with Crippen LogP contribution < -0.4 is 0 Å². The molecule has 2 atom stereocenters. The average Bonchev–Trinajstić information content (AvgIpc) is 3.06. The summed E-state index contributed by atoms with van der Waals surface area (Å²) >= 11 is 0. The third kappa shape index (κ3) is 9.53. The van der Waals surface area contributed by atoms with Crippen molar-refractivity contribution in [1.29, 1.82) is 0 Å². The van der Waals surface area contributed by atoms with Crippen LogP contribution in [0, 0.1) is 0 Å². The Morgan fingerprint density at radius 3 is 1.85 bits per heavy atom. The van der Waals surface area contributed by atoms with Crippen LogP contribution in [0.3, 0.4) is 0 Å². The molecule has 1 rings (SSSR count). The first-order valence-electron chi connectivity index (χ1n) is 11.4. The predicted molar refractivity (Wildman–Crippen MR) is 112 cm³/mol. The maximum atomic E-state index is 10.4. The molecule has 3 heteroatoms. The van der Waals surface area contributed by atoms with Crippen molar-refractivity contribution >= 4 is 0 Å². The first kappa shape index (κ1) is 23.7. The Balaban J connectivity index is 2.01. The Morgan fingerprint density at radius 2 is 1.35 bits per heavy atom. The average molecular weight is 369 g/mol. The Labute approximate surface area is 163 Å². The number of aliphatic hydroxyl groups excluding tert-OH is 2. The fourth-order valence-electron chi connectivity index (χ4n) is 4.35. The zero-order chi connectivity index (χ0) is 19.1. The molecule has 0 saturated carbocycles. The highest BCUT2D eigenvalue weighted by Gasteiger charge is 2.38. The van der Waals surface area contributed by atoms with Gasteiger partial charge in [-0.25, -0.2) is 0 Å². The Kier molecular flexibility index (Phi) is 13.3. The molecule has 0 aromatic rings. The van der Waals surface area contributed by atoms with E-state index in [0.717, 1.165) is 24.0 Å². The molecule has 3 nitrogen and oxygen atoms in total. The Morgan fingerprint density at radius 1 is 0.846 bits per heavy atom. The van der Waals surface area contributed by atoms with E-state index < -0.39 is 6.10 Å². The largest absolute Gasteiger partial charge is 0.390 e. The smallest absolute Gasteiger partial charge is 0.142 e. The first-order valence-corrected chi connectivity index (χ1v) is 11.4. The number of allylic oxidation sites excluding steroid dienone is 1. The Hall–Kier alpha value is -0.380. The second-order valence-electron chi connectivity index (χ2n) is 8.63. The van der Waals surface area contributed by atoms with Gasteiger partial charge in [0, 0.05) is 12.8 Å². The van der Waals surface area contributed by atoms with Crippen LogP contribution in [-0.2, 0) is 0 Å². The molecular weight excluding hydrogens is 322 g/mol. The highest BCUT2D eigenvalue weighted by Crippen LogP contribution is 2.23. The highest BCUT2D eigenvalue weighted by atomic mass is 16.3. The zero-order valence-corrected chi connectivity index (χ0v) is 17.7. The summed E-state index contributed by atoms with van der Waals surface area (Å²) in [7, 11) is 2.18. The second-order valence-corrected chi connectivity index (χ2v) is 8.63. The van der Waals surface area contributed by atoms with Gasteiger partial charge in [0.25, 0.3) is 0 Å². The lowest BCUT2D eigenvalue weighted by molar-refractivity contribution is -0.925. The molecule has 0 aromatic heterocycles. The number of rotatable bonds is 16. The molecule has 1 fully saturated rings. The monoisotopic (exact) mass is 368 g/mol. The van der Waals surface area contributed by atoms with Gasteiger partial charge in [-0.1, -0.05) is 83.3 Å². The van der Waals surface area contributed by atoms with E-state index in [0.29, 0.717) is 0 Å². The van der Waals surface area contributed by atoms with Gasteiger partial charge in [0.15, 0.2) is 0 Å². The number of nitrogens with zero attached hydrogens (tertiary/aromatic N) is 1. The SMILES string of the molecule is CCCCCCCCCCCCC/C=C/[C@@H](O)[C@H](CO)[N+]1(C)CCCC1. The molecule has 154 valence electrons. The summed E-state index contributed by atoms with van der Waals surface area (Å²) < 4.78 is 0.820. The van der Waals surface area contributed by atoms with Crippen LogP contribution >= 0.6 is 0 Å². The van der Waals surface area contributed by atoms with Crippen molar-refractivity contribution in [3.05, 3.63) is 12.2 Å². The summed E-state index contributed by atoms with van der Waals surface area (Å²) in [5, 5.41) is 20.2. The molecule has 1 heterocycles. The van der Waals surface area contributed by atoms with E-state index in [9.17, 15) is 10.2 Å². The standard InChI is InChI=1S/C23H46NO2/c1-3-4-5-6-7-8-9-10-11-12-13-14-15-18-23(26)22(21-25)24(2)19-16-17-20-24/h15,18,22-23,25-26H,3-14,16-17,19-21H2,1-2H3/q+1/b18-15+/t22-,23+/m0/s1. The molecule has 1 saturated heterocycles. The minimum Gasteiger partial charge on any atom is -0.390 e. The van der Waals surface area contributed by atoms with Gasteiger partial charge in [0.05, 0.1) is 26.7 Å². The summed E-state index contributed by atoms with van der Waals surface area (Å²) in [6, 6.07) is -0.0638. The van der Waals surface area contributed by atoms with Crippen LogP contribution in [0.25, 0.3) is 0 Å². The van der Waals surface area contributed by atoms with Gasteiger partial charge < -0.3 is 14.7 Å². The quantitative estimate of drug-likeness (QED) is 0.223. The minimum absolute atomic E-state index is 0.0638. The van der Waals surface area contributed by atoms with Crippen LogP contribution in [0.2, 0.25) is 0 Å². The lowest BCUT2D eigenvalue weighted by Gasteiger charge is -2.38. The molecule has 1 aliphatic rings. The molecule has 2 N–H and O–H groups in total. The third-order valence-corrected chi connectivity index (χ3v) is 6.28. The molecule has 0 spiro atoms. The fourth-order valence-corrected chi connectivity index (χ4v) is 4.35. The topological polar surface area (TPSA) is 40.5 Å². The lowest BCUT2D eigenvalue weighted by atomic mass is 10.0. The van der Waals surface area contributed by atoms with Crippen LogP contribution in [0.15, 0.2) is 12.2 Å². The van der Waals surface area contributed by atoms with E-state index in [2.05, 4.69) is 20.0 Å². The van der Waals surface area contributed by atoms with Crippen molar-refractivity contribution in [3.63, 3.8) is 0 Å². The molecule has 0 aliphatic carbocycles. The number of hydrogen-bond acceptors (Lipinski definition) is 2. The van der Waals surface area contributed by atoms with Gasteiger partial charge in [-0.2, -0.15) is 0 Å². The van der Waals surface area contributed by atoms with Gasteiger partial charge in [0.2, 0.25) is 0 Å². The summed E-state index contributed by atoms with van der Waals surface area (Å²) in [6.45, 7) is 4.50. The highest BCUT2D eigenvalue weighted by molar-refractivity contribution is 4.93. The normalized spacial score (nSPS) is 19.2. The maximum absolute atomic E-state index is 10.4. The van der Waals surface area contributed by atoms with Crippen molar-refractivity contribution in [3.8, 4) is 0 Å². The van der Waals surface area contributed by atoms with E-state index in [1.165, 1.54) is 83.5 Å². The van der Waals surface area contributed by atoms with E-state index in [4.69, 9.17) is 0 Å². The van der Waals surface area contributed by atoms with Crippen molar-refractivity contribution in [2.75, 3.05) is 26.7 Å². The van der Waals surface area contributed by atoms with Crippen LogP contribution in [-0.4, -0.2) is 53.6 Å². The number of hydrogen-bond donors (Lipinski definition) is 2. The van der Waals surface area contributed by atoms with Crippen LogP contribution in [0.1, 0.15) is 96.8 Å². The second kappa shape index (κ2) is 14.6. The van der Waals surface area contributed by atoms with E-state index >= 15 is 0 Å². The molecule has 0 unspecified atom stereocenters. The summed E-state index contributed by atoms with van der Waals surface area (Å²) in [5.74, 6) is 0. The molecule has 26 heavy (non-hydrogen) atoms. The third-order valence-electron chi connectivity index (χ3n) is 6.28. The molecule has 0 bridgehead atoms. The van der Waals surface area contributed by atoms with Gasteiger partial charge in [0.1, 0.15) is 12.1 Å². The molecule has 0 aromatic carbocycles. The molecule has 0 amide bonds. The lowest BCUT2D eigenvalue weighted by Crippen LogP contribution is -2.56. The van der Waals surface area contributed by atoms with Crippen LogP contribution in [0.4, 0.5) is 0 Å². The zero-order valence-electron chi connectivity index (χ0n) is 17.7. The van der Waals surface area contributed by atoms with Crippen molar-refractivity contribution in [1.82, 2.24) is 0 Å². The number of likely N-dealkylation sites (N-methyl/N-ethyl adjacent to an activating group) is 1. The van der Waals surface area contributed by atoms with E-state index in [-0.39, 0.29) is 12.6 Å². The Bertz CT molecular complexity index is 350. The van der Waals surface area contributed by atoms with Crippen molar-refractivity contribution < 1.29 is 14.7 Å². The number of quaternary nitrogens is 1. The fraction of sp³-hybridized carbons (Fsp3) is 0.913. The van der Waals surface area contributed by atoms with Crippen LogP contribution in [0.5, 0.6) is 0 Å². The molecular formula is C23H46NO2+. The summed E-state index contributed by atoms with van der Waals surface area (Å²) in [6.07, 6.45) is 22.1. The van der Waals surface area contributed by atoms with Crippen molar-refractivity contribution in [2.45, 2.75) is 109 Å². The summed E-state index contributed by atoms with van der Waals surface area (Å²) in [4.78, 5) is 0.